The summed E-state index contributed by atoms with van der Waals surface area (Å²) in [5.74, 6) is 1.07. The molecule has 1 amide bonds. The van der Waals surface area contributed by atoms with Crippen LogP contribution in [0.15, 0.2) is 47.1 Å². The van der Waals surface area contributed by atoms with Gasteiger partial charge in [0.15, 0.2) is 0 Å². The molecular weight excluding hydrogens is 389 g/mol. The van der Waals surface area contributed by atoms with Crippen LogP contribution < -0.4 is 20.2 Å². The first-order valence-electron chi connectivity index (χ1n) is 8.07. The predicted octanol–water partition coefficient (Wildman–Crippen LogP) is 3.99. The summed E-state index contributed by atoms with van der Waals surface area (Å²) < 4.78 is 10.7. The number of fused-ring (bicyclic) bond motifs is 1. The zero-order chi connectivity index (χ0) is 19.2. The molecule has 2 aromatic carbocycles. The molecule has 2 N–H and O–H groups in total. The molecule has 6 nitrogen and oxygen atoms in total. The highest BCUT2D eigenvalue weighted by atomic mass is 35.5. The van der Waals surface area contributed by atoms with Crippen LogP contribution >= 0.6 is 23.2 Å². The van der Waals surface area contributed by atoms with Crippen LogP contribution in [-0.4, -0.2) is 32.4 Å². The normalized spacial score (nSPS) is 12.8. The summed E-state index contributed by atoms with van der Waals surface area (Å²) in [5, 5.41) is 7.94. The van der Waals surface area contributed by atoms with Gasteiger partial charge in [-0.15, -0.1) is 0 Å². The molecule has 1 aliphatic heterocycles. The summed E-state index contributed by atoms with van der Waals surface area (Å²) >= 11 is 12.1. The van der Waals surface area contributed by atoms with Gasteiger partial charge in [0.25, 0.3) is 5.91 Å². The first-order chi connectivity index (χ1) is 13.0. The van der Waals surface area contributed by atoms with E-state index in [9.17, 15) is 4.79 Å². The molecule has 0 saturated heterocycles. The molecule has 0 radical (unpaired) electrons. The molecule has 1 heterocycles. The molecule has 0 fully saturated rings. The standard InChI is InChI=1S/C19H17Cl2N3O3/c1-26-16-4-2-15(3-5-16)22-10-18(25)24-23-9-12-6-13-7-14(20)8-17(21)19(13)27-11-12/h2-9,22H,10-11H2,1H3,(H,24,25)/b23-9+. The van der Waals surface area contributed by atoms with Gasteiger partial charge in [0.2, 0.25) is 0 Å². The number of hydrogen-bond acceptors (Lipinski definition) is 5. The van der Waals surface area contributed by atoms with E-state index < -0.39 is 0 Å². The Morgan fingerprint density at radius 2 is 2.07 bits per heavy atom. The number of nitrogens with one attached hydrogen (secondary N) is 2. The van der Waals surface area contributed by atoms with Gasteiger partial charge in [0.1, 0.15) is 18.1 Å². The zero-order valence-electron chi connectivity index (χ0n) is 14.5. The van der Waals surface area contributed by atoms with Gasteiger partial charge in [0, 0.05) is 21.8 Å². The average molecular weight is 406 g/mol. The highest BCUT2D eigenvalue weighted by Crippen LogP contribution is 2.36. The highest BCUT2D eigenvalue weighted by molar-refractivity contribution is 6.36. The largest absolute Gasteiger partial charge is 0.497 e. The number of ether oxygens (including phenoxy) is 2. The van der Waals surface area contributed by atoms with Crippen LogP contribution in [0.1, 0.15) is 5.56 Å². The second-order valence-electron chi connectivity index (χ2n) is 5.69. The first kappa shape index (κ1) is 19.1. The van der Waals surface area contributed by atoms with Crippen LogP contribution in [0, 0.1) is 0 Å². The van der Waals surface area contributed by atoms with E-state index in [-0.39, 0.29) is 12.5 Å². The van der Waals surface area contributed by atoms with Crippen LogP contribution in [0.2, 0.25) is 10.0 Å². The Balaban J connectivity index is 1.52. The lowest BCUT2D eigenvalue weighted by molar-refractivity contribution is -0.119. The summed E-state index contributed by atoms with van der Waals surface area (Å²) in [4.78, 5) is 11.9. The van der Waals surface area contributed by atoms with Gasteiger partial charge >= 0.3 is 0 Å². The van der Waals surface area contributed by atoms with Crippen molar-refractivity contribution in [2.75, 3.05) is 25.6 Å². The smallest absolute Gasteiger partial charge is 0.259 e. The van der Waals surface area contributed by atoms with Crippen molar-refractivity contribution in [3.63, 3.8) is 0 Å². The van der Waals surface area contributed by atoms with Crippen molar-refractivity contribution in [1.82, 2.24) is 5.43 Å². The monoisotopic (exact) mass is 405 g/mol. The Morgan fingerprint density at radius 1 is 1.30 bits per heavy atom. The molecule has 140 valence electrons. The molecule has 0 spiro atoms. The van der Waals surface area contributed by atoms with Gasteiger partial charge in [-0.3, -0.25) is 4.79 Å². The van der Waals surface area contributed by atoms with Gasteiger partial charge in [-0.1, -0.05) is 23.2 Å². The number of anilines is 1. The van der Waals surface area contributed by atoms with E-state index in [4.69, 9.17) is 32.7 Å². The third kappa shape index (κ3) is 5.15. The first-order valence-corrected chi connectivity index (χ1v) is 8.83. The minimum atomic E-state index is -0.272. The second-order valence-corrected chi connectivity index (χ2v) is 6.53. The zero-order valence-corrected chi connectivity index (χ0v) is 16.0. The number of nitrogens with zero attached hydrogens (tertiary/aromatic N) is 1. The number of rotatable bonds is 6. The van der Waals surface area contributed by atoms with Crippen molar-refractivity contribution in [3.05, 3.63) is 57.6 Å². The van der Waals surface area contributed by atoms with Crippen LogP contribution in [0.4, 0.5) is 5.69 Å². The fourth-order valence-electron chi connectivity index (χ4n) is 2.43. The Hall–Kier alpha value is -2.70. The quantitative estimate of drug-likeness (QED) is 0.562. The highest BCUT2D eigenvalue weighted by Gasteiger charge is 2.15. The lowest BCUT2D eigenvalue weighted by Gasteiger charge is -2.17. The third-order valence-corrected chi connectivity index (χ3v) is 4.22. The molecule has 1 aliphatic rings. The van der Waals surface area contributed by atoms with Crippen LogP contribution in [-0.2, 0) is 4.79 Å². The van der Waals surface area contributed by atoms with Gasteiger partial charge in [-0.2, -0.15) is 5.10 Å². The van der Waals surface area contributed by atoms with E-state index in [0.29, 0.717) is 22.4 Å². The van der Waals surface area contributed by atoms with Crippen molar-refractivity contribution >= 4 is 47.1 Å². The Kier molecular flexibility index (Phi) is 6.21. The maximum absolute atomic E-state index is 11.9. The van der Waals surface area contributed by atoms with Gasteiger partial charge in [0.05, 0.1) is 24.9 Å². The minimum absolute atomic E-state index is 0.0905. The lowest BCUT2D eigenvalue weighted by Crippen LogP contribution is -2.26. The van der Waals surface area contributed by atoms with Crippen molar-refractivity contribution < 1.29 is 14.3 Å². The topological polar surface area (TPSA) is 72.0 Å². The van der Waals surface area contributed by atoms with Gasteiger partial charge in [-0.25, -0.2) is 5.43 Å². The molecule has 0 atom stereocenters. The lowest BCUT2D eigenvalue weighted by atomic mass is 10.1. The summed E-state index contributed by atoms with van der Waals surface area (Å²) in [5.41, 5.74) is 4.83. The summed E-state index contributed by atoms with van der Waals surface area (Å²) in [6, 6.07) is 10.7. The molecule has 0 unspecified atom stereocenters. The Morgan fingerprint density at radius 3 is 2.81 bits per heavy atom. The molecule has 8 heteroatoms. The molecule has 3 rings (SSSR count). The minimum Gasteiger partial charge on any atom is -0.497 e. The van der Waals surface area contributed by atoms with Gasteiger partial charge < -0.3 is 14.8 Å². The fraction of sp³-hybridized carbons (Fsp3) is 0.158. The number of carbonyl (C=O) groups is 1. The summed E-state index contributed by atoms with van der Waals surface area (Å²) in [6.07, 6.45) is 3.39. The van der Waals surface area contributed by atoms with Crippen molar-refractivity contribution in [2.24, 2.45) is 5.10 Å². The molecule has 0 saturated carbocycles. The Labute approximate surface area is 166 Å². The van der Waals surface area contributed by atoms with E-state index in [2.05, 4.69) is 15.8 Å². The van der Waals surface area contributed by atoms with E-state index in [1.54, 1.807) is 19.2 Å². The second kappa shape index (κ2) is 8.79. The van der Waals surface area contributed by atoms with Crippen LogP contribution in [0.3, 0.4) is 0 Å². The van der Waals surface area contributed by atoms with Crippen LogP contribution in [0.5, 0.6) is 11.5 Å². The summed E-state index contributed by atoms with van der Waals surface area (Å²) in [6.45, 7) is 0.394. The summed E-state index contributed by atoms with van der Waals surface area (Å²) in [7, 11) is 1.60. The number of carbonyl (C=O) groups excluding carboxylic acids is 1. The Bertz CT molecular complexity index is 896. The maximum Gasteiger partial charge on any atom is 0.259 e. The number of hydrogen-bond donors (Lipinski definition) is 2. The molecule has 0 bridgehead atoms. The number of methoxy groups -OCH3 is 1. The maximum atomic E-state index is 11.9. The molecule has 2 aromatic rings. The average Bonchev–Trinajstić information content (AvgIpc) is 2.66. The number of hydrazone groups is 1. The van der Waals surface area contributed by atoms with Crippen molar-refractivity contribution in [1.29, 1.82) is 0 Å². The third-order valence-electron chi connectivity index (χ3n) is 3.72. The number of benzene rings is 2. The molecule has 0 aliphatic carbocycles. The van der Waals surface area contributed by atoms with Crippen LogP contribution in [0.25, 0.3) is 6.08 Å². The van der Waals surface area contributed by atoms with Gasteiger partial charge in [-0.05, 0) is 42.5 Å². The SMILES string of the molecule is COc1ccc(NCC(=O)N/N=C/C2=Cc3cc(Cl)cc(Cl)c3OC2)cc1. The van der Waals surface area contributed by atoms with Crippen molar-refractivity contribution in [3.8, 4) is 11.5 Å². The number of amides is 1. The number of halogens is 2. The fourth-order valence-corrected chi connectivity index (χ4v) is 2.99. The van der Waals surface area contributed by atoms with Crippen molar-refractivity contribution in [2.45, 2.75) is 0 Å². The van der Waals surface area contributed by atoms with E-state index in [0.717, 1.165) is 22.6 Å². The van der Waals surface area contributed by atoms with E-state index in [1.807, 2.05) is 30.3 Å². The molecule has 27 heavy (non-hydrogen) atoms. The molecular formula is C19H17Cl2N3O3. The molecule has 0 aromatic heterocycles. The van der Waals surface area contributed by atoms with E-state index in [1.165, 1.54) is 6.21 Å². The van der Waals surface area contributed by atoms with E-state index >= 15 is 0 Å². The predicted molar refractivity (Wildman–Crippen MR) is 108 cm³/mol.